The Hall–Kier alpha value is -2.46. The van der Waals surface area contributed by atoms with Crippen molar-refractivity contribution >= 4 is 23.4 Å². The van der Waals surface area contributed by atoms with E-state index in [0.29, 0.717) is 28.7 Å². The average Bonchev–Trinajstić information content (AvgIpc) is 3.00. The van der Waals surface area contributed by atoms with E-state index in [-0.39, 0.29) is 11.6 Å². The molecular weight excluding hydrogens is 344 g/mol. The number of nitro benzene ring substituents is 1. The van der Waals surface area contributed by atoms with Crippen molar-refractivity contribution in [3.63, 3.8) is 0 Å². The maximum absolute atomic E-state index is 12.6. The zero-order valence-corrected chi connectivity index (χ0v) is 14.8. The Morgan fingerprint density at radius 2 is 1.96 bits per heavy atom. The first-order chi connectivity index (χ1) is 12.0. The lowest BCUT2D eigenvalue weighted by molar-refractivity contribution is -0.387. The molecule has 1 aliphatic rings. The molecule has 132 valence electrons. The number of benzene rings is 1. The molecule has 9 nitrogen and oxygen atoms in total. The Morgan fingerprint density at radius 3 is 2.56 bits per heavy atom. The van der Waals surface area contributed by atoms with Crippen molar-refractivity contribution in [2.24, 2.45) is 7.05 Å². The summed E-state index contributed by atoms with van der Waals surface area (Å²) in [5.74, 6) is -0.175. The van der Waals surface area contributed by atoms with Crippen LogP contribution in [0.1, 0.15) is 10.4 Å². The summed E-state index contributed by atoms with van der Waals surface area (Å²) in [6.45, 7) is 2.85. The molecule has 10 heteroatoms. The van der Waals surface area contributed by atoms with E-state index in [9.17, 15) is 14.9 Å². The van der Waals surface area contributed by atoms with Gasteiger partial charge >= 0.3 is 0 Å². The van der Waals surface area contributed by atoms with Crippen molar-refractivity contribution in [1.82, 2.24) is 24.6 Å². The lowest BCUT2D eigenvalue weighted by Crippen LogP contribution is -2.47. The summed E-state index contributed by atoms with van der Waals surface area (Å²) in [6, 6.07) is 4.58. The number of nitro groups is 1. The Bertz CT molecular complexity index is 800. The number of amides is 1. The second-order valence-corrected chi connectivity index (χ2v) is 6.87. The topological polar surface area (TPSA) is 97.4 Å². The molecule has 1 aromatic heterocycles. The highest BCUT2D eigenvalue weighted by Gasteiger charge is 2.24. The van der Waals surface area contributed by atoms with Crippen molar-refractivity contribution in [1.29, 1.82) is 0 Å². The van der Waals surface area contributed by atoms with Crippen LogP contribution in [0.2, 0.25) is 0 Å². The van der Waals surface area contributed by atoms with Gasteiger partial charge in [-0.1, -0.05) is 0 Å². The molecule has 0 radical (unpaired) electrons. The van der Waals surface area contributed by atoms with Crippen molar-refractivity contribution in [2.45, 2.75) is 10.1 Å². The standard InChI is InChI=1S/C15H18N6O3S/c1-18-5-7-20(8-6-18)14(22)11-3-4-13(12(9-11)21(23)24)25-15-17-16-10-19(15)2/h3-4,9-10H,5-8H2,1-2H3. The third-order valence-electron chi connectivity index (χ3n) is 4.06. The van der Waals surface area contributed by atoms with Gasteiger partial charge in [0.15, 0.2) is 5.16 Å². The fourth-order valence-electron chi connectivity index (χ4n) is 2.53. The first kappa shape index (κ1) is 17.4. The summed E-state index contributed by atoms with van der Waals surface area (Å²) >= 11 is 1.15. The number of hydrogen-bond acceptors (Lipinski definition) is 7. The third-order valence-corrected chi connectivity index (χ3v) is 5.18. The molecule has 2 heterocycles. The van der Waals surface area contributed by atoms with Gasteiger partial charge < -0.3 is 14.4 Å². The second kappa shape index (κ2) is 7.19. The van der Waals surface area contributed by atoms with E-state index in [0.717, 1.165) is 24.9 Å². The Morgan fingerprint density at radius 1 is 1.24 bits per heavy atom. The Kier molecular flexibility index (Phi) is 5.00. The molecule has 1 aromatic carbocycles. The zero-order valence-electron chi connectivity index (χ0n) is 14.0. The molecule has 0 atom stereocenters. The minimum Gasteiger partial charge on any atom is -0.336 e. The number of likely N-dealkylation sites (N-methyl/N-ethyl adjacent to an activating group) is 1. The highest BCUT2D eigenvalue weighted by molar-refractivity contribution is 7.99. The summed E-state index contributed by atoms with van der Waals surface area (Å²) in [7, 11) is 3.77. The number of rotatable bonds is 4. The predicted molar refractivity (Wildman–Crippen MR) is 91.6 cm³/mol. The van der Waals surface area contributed by atoms with Crippen LogP contribution in [0.4, 0.5) is 5.69 Å². The van der Waals surface area contributed by atoms with E-state index in [1.165, 1.54) is 12.4 Å². The molecule has 3 rings (SSSR count). The molecule has 0 saturated carbocycles. The molecule has 0 aliphatic carbocycles. The van der Waals surface area contributed by atoms with Crippen molar-refractivity contribution in [3.05, 3.63) is 40.2 Å². The van der Waals surface area contributed by atoms with Gasteiger partial charge in [-0.3, -0.25) is 14.9 Å². The quantitative estimate of drug-likeness (QED) is 0.596. The molecule has 0 unspecified atom stereocenters. The van der Waals surface area contributed by atoms with Gasteiger partial charge in [0, 0.05) is 44.9 Å². The molecule has 25 heavy (non-hydrogen) atoms. The van der Waals surface area contributed by atoms with E-state index in [2.05, 4.69) is 15.1 Å². The predicted octanol–water partition coefficient (Wildman–Crippen LogP) is 1.26. The number of piperazine rings is 1. The zero-order chi connectivity index (χ0) is 18.0. The number of aryl methyl sites for hydroxylation is 1. The summed E-state index contributed by atoms with van der Waals surface area (Å²) in [4.78, 5) is 27.9. The molecule has 1 amide bonds. The van der Waals surface area contributed by atoms with Crippen LogP contribution < -0.4 is 0 Å². The number of hydrogen-bond donors (Lipinski definition) is 0. The van der Waals surface area contributed by atoms with Crippen LogP contribution in [0.15, 0.2) is 34.6 Å². The van der Waals surface area contributed by atoms with E-state index in [1.807, 2.05) is 7.05 Å². The summed E-state index contributed by atoms with van der Waals surface area (Å²) in [5.41, 5.74) is 0.228. The van der Waals surface area contributed by atoms with Crippen LogP contribution in [0.3, 0.4) is 0 Å². The fourth-order valence-corrected chi connectivity index (χ4v) is 3.38. The van der Waals surface area contributed by atoms with Gasteiger partial charge in [-0.15, -0.1) is 10.2 Å². The molecule has 0 bridgehead atoms. The molecule has 1 saturated heterocycles. The van der Waals surface area contributed by atoms with Gasteiger partial charge in [-0.05, 0) is 30.9 Å². The van der Waals surface area contributed by atoms with Gasteiger partial charge in [-0.2, -0.15) is 0 Å². The van der Waals surface area contributed by atoms with Gasteiger partial charge in [0.25, 0.3) is 11.6 Å². The van der Waals surface area contributed by atoms with Crippen LogP contribution in [-0.2, 0) is 7.05 Å². The SMILES string of the molecule is CN1CCN(C(=O)c2ccc(Sc3nncn3C)c([N+](=O)[O-])c2)CC1. The molecule has 0 N–H and O–H groups in total. The van der Waals surface area contributed by atoms with E-state index in [4.69, 9.17) is 0 Å². The van der Waals surface area contributed by atoms with E-state index < -0.39 is 4.92 Å². The maximum Gasteiger partial charge on any atom is 0.284 e. The van der Waals surface area contributed by atoms with Crippen LogP contribution in [0.25, 0.3) is 0 Å². The minimum atomic E-state index is -0.473. The lowest BCUT2D eigenvalue weighted by Gasteiger charge is -2.32. The highest BCUT2D eigenvalue weighted by atomic mass is 32.2. The third kappa shape index (κ3) is 3.80. The number of carbonyl (C=O) groups excluding carboxylic acids is 1. The van der Waals surface area contributed by atoms with Crippen molar-refractivity contribution in [3.8, 4) is 0 Å². The summed E-state index contributed by atoms with van der Waals surface area (Å²) in [5, 5.41) is 19.7. The van der Waals surface area contributed by atoms with Crippen molar-refractivity contribution < 1.29 is 9.72 Å². The second-order valence-electron chi connectivity index (χ2n) is 5.86. The maximum atomic E-state index is 12.6. The van der Waals surface area contributed by atoms with Crippen LogP contribution >= 0.6 is 11.8 Å². The smallest absolute Gasteiger partial charge is 0.284 e. The Labute approximate surface area is 148 Å². The van der Waals surface area contributed by atoms with Gasteiger partial charge in [-0.25, -0.2) is 0 Å². The minimum absolute atomic E-state index is 0.104. The van der Waals surface area contributed by atoms with Gasteiger partial charge in [0.1, 0.15) is 6.33 Å². The number of aromatic nitrogens is 3. The summed E-state index contributed by atoms with van der Waals surface area (Å²) in [6.07, 6.45) is 1.53. The molecule has 2 aromatic rings. The largest absolute Gasteiger partial charge is 0.336 e. The first-order valence-electron chi connectivity index (χ1n) is 7.74. The van der Waals surface area contributed by atoms with E-state index in [1.54, 1.807) is 28.6 Å². The monoisotopic (exact) mass is 362 g/mol. The van der Waals surface area contributed by atoms with Gasteiger partial charge in [0.2, 0.25) is 0 Å². The first-order valence-corrected chi connectivity index (χ1v) is 8.55. The molecule has 1 aliphatic heterocycles. The molecular formula is C15H18N6O3S. The van der Waals surface area contributed by atoms with E-state index >= 15 is 0 Å². The van der Waals surface area contributed by atoms with Crippen LogP contribution in [0.5, 0.6) is 0 Å². The highest BCUT2D eigenvalue weighted by Crippen LogP contribution is 2.34. The number of nitrogens with zero attached hydrogens (tertiary/aromatic N) is 6. The fraction of sp³-hybridized carbons (Fsp3) is 0.400. The van der Waals surface area contributed by atoms with Crippen molar-refractivity contribution in [2.75, 3.05) is 33.2 Å². The lowest BCUT2D eigenvalue weighted by atomic mass is 10.1. The normalized spacial score (nSPS) is 15.4. The molecule has 0 spiro atoms. The van der Waals surface area contributed by atoms with Crippen LogP contribution in [-0.4, -0.2) is 68.6 Å². The van der Waals surface area contributed by atoms with Gasteiger partial charge in [0.05, 0.1) is 9.82 Å². The average molecular weight is 362 g/mol. The Balaban J connectivity index is 1.85. The number of carbonyl (C=O) groups is 1. The molecule has 1 fully saturated rings. The summed E-state index contributed by atoms with van der Waals surface area (Å²) < 4.78 is 1.68. The van der Waals surface area contributed by atoms with Crippen LogP contribution in [0, 0.1) is 10.1 Å².